The van der Waals surface area contributed by atoms with Gasteiger partial charge in [-0.25, -0.2) is 0 Å². The van der Waals surface area contributed by atoms with Gasteiger partial charge in [-0.3, -0.25) is 43.2 Å². The Hall–Kier alpha value is -7.03. The minimum atomic E-state index is -0.683. The summed E-state index contributed by atoms with van der Waals surface area (Å²) in [5.74, 6) is -3.54. The summed E-state index contributed by atoms with van der Waals surface area (Å²) >= 11 is 0. The molecule has 0 aromatic carbocycles. The van der Waals surface area contributed by atoms with Gasteiger partial charge in [-0.1, -0.05) is 77.5 Å². The zero-order chi connectivity index (χ0) is 79.2. The number of carbonyl (C=O) groups excluding carboxylic acids is 9. The highest BCUT2D eigenvalue weighted by atomic mass is 16.6. The second-order valence-corrected chi connectivity index (χ2v) is 25.8. The van der Waals surface area contributed by atoms with Crippen LogP contribution in [0.3, 0.4) is 0 Å². The molecule has 0 aromatic heterocycles. The lowest BCUT2D eigenvalue weighted by atomic mass is 9.93. The Morgan fingerprint density at radius 2 is 0.783 bits per heavy atom. The highest BCUT2D eigenvalue weighted by Gasteiger charge is 2.28. The highest BCUT2D eigenvalue weighted by Crippen LogP contribution is 2.17. The first-order chi connectivity index (χ1) is 50.2. The molecular weight excluding hydrogens is 1380 g/mol. The lowest BCUT2D eigenvalue weighted by Crippen LogP contribution is -2.57. The van der Waals surface area contributed by atoms with Crippen molar-refractivity contribution < 1.29 is 96.2 Å². The highest BCUT2D eigenvalue weighted by molar-refractivity contribution is 5.91. The number of carbonyl (C=O) groups is 9. The van der Waals surface area contributed by atoms with Crippen LogP contribution in [-0.4, -0.2) is 257 Å². The fourth-order valence-corrected chi connectivity index (χ4v) is 8.68. The van der Waals surface area contributed by atoms with Crippen LogP contribution in [0.1, 0.15) is 172 Å². The largest absolute Gasteiger partial charge is 0.411 e. The average Bonchev–Trinajstić information content (AvgIpc) is 0.872. The monoisotopic (exact) mass is 1520 g/mol. The summed E-state index contributed by atoms with van der Waals surface area (Å²) in [4.78, 5) is 111. The molecule has 32 nitrogen and oxygen atoms in total. The Bertz CT molecular complexity index is 2460. The molecule has 0 aliphatic rings. The number of oxime groups is 2. The minimum Gasteiger partial charge on any atom is -0.411 e. The van der Waals surface area contributed by atoms with Crippen molar-refractivity contribution in [2.75, 3.05) is 165 Å². The molecule has 0 saturated heterocycles. The second-order valence-electron chi connectivity index (χ2n) is 25.8. The van der Waals surface area contributed by atoms with Gasteiger partial charge in [-0.05, 0) is 112 Å². The molecule has 614 valence electrons. The Kier molecular flexibility index (Phi) is 71.7. The normalized spacial score (nSPS) is 12.5. The average molecular weight is 1520 g/mol. The number of ether oxygens (including phenoxy) is 9. The van der Waals surface area contributed by atoms with Gasteiger partial charge in [-0.2, -0.15) is 0 Å². The predicted octanol–water partition coefficient (Wildman–Crippen LogP) is 4.25. The molecule has 14 N–H and O–H groups in total. The molecule has 3 atom stereocenters. The zero-order valence-electron chi connectivity index (χ0n) is 64.8. The first-order valence-corrected chi connectivity index (χ1v) is 36.6. The van der Waals surface area contributed by atoms with E-state index < -0.39 is 23.0 Å². The molecule has 106 heavy (non-hydrogen) atoms. The molecular formula is C74H138N12O20. The van der Waals surface area contributed by atoms with Crippen LogP contribution in [0.4, 0.5) is 0 Å². The van der Waals surface area contributed by atoms with Crippen molar-refractivity contribution in [1.82, 2.24) is 42.5 Å². The second kappa shape index (κ2) is 72.2. The molecule has 0 aliphatic heterocycles. The molecule has 0 heterocycles. The standard InChI is InChI=1S/C65H122N12O20.C5H8.C3H4.CH4/c1-49(61(66)84)18-9-12-23-68-57(80)45-94-38-34-92-36-40-96-47-59(82)70-26-16-28-89-30-32-91-33-31-90-29-17-27-71-60(83)48-97-41-37-93-35-39-95-46-58(81)69-24-14-11-20-53(63(86)72-25-13-10-19-50(2)62(67)85)42-55(78)21-15-22-56(79)75-54(43-73-64(5,6)51(3)76-87)44-74-65(7,8)52(4)77-88;1-3-5-4-2;1-3-2;/h49-50,53-54,73-74,87-88H,9-48H2,1-8H3,(H2,66,84)(H2,67,85)(H,68,80)(H,69,81)(H,70,82)(H,71,83)(H,72,86)(H,75,79);5H,1,4H2,2H3;1-2H2;1H4/b76-51+,77-52+;;;/t49-,50-,53+;;;/m0.../s1. The molecule has 0 saturated carbocycles. The number of allylic oxidation sites excluding steroid dienone is 1. The zero-order valence-corrected chi connectivity index (χ0v) is 64.8. The molecule has 0 bridgehead atoms. The van der Waals surface area contributed by atoms with Crippen LogP contribution >= 0.6 is 0 Å². The molecule has 0 aliphatic carbocycles. The number of ketones is 1. The third-order valence-electron chi connectivity index (χ3n) is 15.9. The lowest BCUT2D eigenvalue weighted by molar-refractivity contribution is -0.130. The predicted molar refractivity (Wildman–Crippen MR) is 408 cm³/mol. The van der Waals surface area contributed by atoms with Crippen LogP contribution in [0.5, 0.6) is 0 Å². The first kappa shape index (κ1) is 105. The smallest absolute Gasteiger partial charge is 0.246 e. The van der Waals surface area contributed by atoms with Gasteiger partial charge < -0.3 is 107 Å². The number of hydrogen-bond donors (Lipinski definition) is 12. The van der Waals surface area contributed by atoms with E-state index >= 15 is 0 Å². The van der Waals surface area contributed by atoms with Crippen LogP contribution < -0.4 is 54.0 Å². The van der Waals surface area contributed by atoms with Crippen molar-refractivity contribution in [1.29, 1.82) is 0 Å². The van der Waals surface area contributed by atoms with E-state index in [2.05, 4.69) is 91.0 Å². The summed E-state index contributed by atoms with van der Waals surface area (Å²) in [5, 5.41) is 49.0. The van der Waals surface area contributed by atoms with Crippen LogP contribution in [0.25, 0.3) is 0 Å². The molecule has 8 amide bonds. The molecule has 0 fully saturated rings. The van der Waals surface area contributed by atoms with E-state index in [1.54, 1.807) is 27.7 Å². The molecule has 0 spiro atoms. The van der Waals surface area contributed by atoms with E-state index in [1.807, 2.05) is 33.8 Å². The van der Waals surface area contributed by atoms with Gasteiger partial charge in [0.05, 0.1) is 108 Å². The van der Waals surface area contributed by atoms with Gasteiger partial charge in [0.2, 0.25) is 47.3 Å². The number of rotatable bonds is 68. The van der Waals surface area contributed by atoms with E-state index in [9.17, 15) is 53.6 Å². The molecule has 0 aromatic rings. The maximum absolute atomic E-state index is 13.4. The third-order valence-corrected chi connectivity index (χ3v) is 15.9. The van der Waals surface area contributed by atoms with Gasteiger partial charge in [0.15, 0.2) is 0 Å². The van der Waals surface area contributed by atoms with Gasteiger partial charge in [-0.15, -0.1) is 11.5 Å². The summed E-state index contributed by atoms with van der Waals surface area (Å²) in [6, 6.07) is -0.434. The van der Waals surface area contributed by atoms with Gasteiger partial charge in [0.25, 0.3) is 0 Å². The number of nitrogens with one attached hydrogen (secondary N) is 8. The number of unbranched alkanes of at least 4 members (excludes halogenated alkanes) is 3. The number of hydrogen-bond acceptors (Lipinski definition) is 24. The fourth-order valence-electron chi connectivity index (χ4n) is 8.68. The van der Waals surface area contributed by atoms with Crippen molar-refractivity contribution in [3.63, 3.8) is 0 Å². The van der Waals surface area contributed by atoms with Crippen molar-refractivity contribution >= 4 is 64.5 Å². The number of nitrogens with zero attached hydrogens (tertiary/aromatic N) is 2. The van der Waals surface area contributed by atoms with E-state index in [0.717, 1.165) is 19.3 Å². The van der Waals surface area contributed by atoms with Crippen LogP contribution in [0, 0.1) is 17.8 Å². The summed E-state index contributed by atoms with van der Waals surface area (Å²) < 4.78 is 48.9. The van der Waals surface area contributed by atoms with Gasteiger partial charge in [0.1, 0.15) is 32.2 Å². The number of primary amides is 2. The Labute approximate surface area is 631 Å². The number of nitrogens with two attached hydrogens (primary N) is 2. The van der Waals surface area contributed by atoms with E-state index in [4.69, 9.17) is 54.1 Å². The van der Waals surface area contributed by atoms with E-state index in [1.165, 1.54) is 0 Å². The molecule has 0 radical (unpaired) electrons. The van der Waals surface area contributed by atoms with Crippen molar-refractivity contribution in [3.05, 3.63) is 37.3 Å². The Morgan fingerprint density at radius 3 is 1.10 bits per heavy atom. The molecule has 0 rings (SSSR count). The first-order valence-electron chi connectivity index (χ1n) is 36.6. The quantitative estimate of drug-likeness (QED) is 0.0133. The number of amides is 8. The fraction of sp³-hybridized carbons (Fsp3) is 0.770. The van der Waals surface area contributed by atoms with E-state index in [0.29, 0.717) is 155 Å². The molecule has 32 heteroatoms. The topological polar surface area (TPSA) is 450 Å². The number of Topliss-reactive ketones (excluding diaryl/α,β-unsaturated/α-hetero) is 1. The summed E-state index contributed by atoms with van der Waals surface area (Å²) in [6.07, 6.45) is 10.2. The van der Waals surface area contributed by atoms with Crippen LogP contribution in [0.2, 0.25) is 0 Å². The minimum absolute atomic E-state index is 0. The maximum atomic E-state index is 13.4. The third kappa shape index (κ3) is 67.6. The van der Waals surface area contributed by atoms with Crippen molar-refractivity contribution in [3.8, 4) is 0 Å². The maximum Gasteiger partial charge on any atom is 0.246 e. The van der Waals surface area contributed by atoms with Gasteiger partial charge in [0, 0.05) is 96.0 Å². The summed E-state index contributed by atoms with van der Waals surface area (Å²) in [7, 11) is 0. The Morgan fingerprint density at radius 1 is 0.462 bits per heavy atom. The van der Waals surface area contributed by atoms with Crippen LogP contribution in [-0.2, 0) is 85.8 Å². The van der Waals surface area contributed by atoms with Crippen molar-refractivity contribution in [2.24, 2.45) is 39.5 Å². The SMILES string of the molecule is C.C/C(=N\O)C(C)(C)NCC(CNC(C)(C)/C(C)=N/O)NC(=O)CCCC(=O)C[C@@H](CCCCNC(=O)COCCOCCOCC(=O)NCCCOCCOCCOCCCNC(=O)COCCOCCOCC(=O)NCCCC[C@H](C)C(N)=O)C(=O)NCCCC[C@H](C)C(N)=O.C=C=C.C=C=CCC. The van der Waals surface area contributed by atoms with Crippen LogP contribution in [0.15, 0.2) is 47.6 Å². The Balaban J connectivity index is -0.00000547. The van der Waals surface area contributed by atoms with Crippen molar-refractivity contribution in [2.45, 2.75) is 190 Å². The summed E-state index contributed by atoms with van der Waals surface area (Å²) in [6.45, 7) is 32.4. The molecule has 0 unspecified atom stereocenters. The van der Waals surface area contributed by atoms with Gasteiger partial charge >= 0.3 is 0 Å². The lowest BCUT2D eigenvalue weighted by Gasteiger charge is -2.32. The van der Waals surface area contributed by atoms with E-state index in [-0.39, 0.29) is 177 Å². The summed E-state index contributed by atoms with van der Waals surface area (Å²) in [5.41, 5.74) is 15.0.